The van der Waals surface area contributed by atoms with Crippen LogP contribution in [0.25, 0.3) is 0 Å². The Kier molecular flexibility index (Phi) is 45.2. The van der Waals surface area contributed by atoms with Crippen molar-refractivity contribution in [3.8, 4) is 0 Å². The van der Waals surface area contributed by atoms with E-state index in [-0.39, 0.29) is 31.1 Å². The molecule has 0 aromatic carbocycles. The summed E-state index contributed by atoms with van der Waals surface area (Å²) in [4.78, 5) is 37.9. The summed E-state index contributed by atoms with van der Waals surface area (Å²) in [6, 6.07) is 0. The number of carbonyl (C=O) groups excluding carboxylic acids is 3. The topological polar surface area (TPSA) is 78.9 Å². The molecule has 6 nitrogen and oxygen atoms in total. The summed E-state index contributed by atoms with van der Waals surface area (Å²) in [7, 11) is 0. The van der Waals surface area contributed by atoms with Crippen molar-refractivity contribution in [3.63, 3.8) is 0 Å². The molecule has 0 aromatic rings. The van der Waals surface area contributed by atoms with Crippen LogP contribution in [-0.4, -0.2) is 37.2 Å². The molecule has 0 saturated carbocycles. The number of unbranched alkanes of at least 4 members (excludes halogenated alkanes) is 33. The third kappa shape index (κ3) is 44.0. The van der Waals surface area contributed by atoms with Crippen LogP contribution in [-0.2, 0) is 28.6 Å². The van der Waals surface area contributed by atoms with Crippen molar-refractivity contribution in [2.75, 3.05) is 13.2 Å². The second-order valence-electron chi connectivity index (χ2n) is 18.1. The fraction of sp³-hybridized carbons (Fsp3) is 0.942. The normalized spacial score (nSPS) is 12.4. The molecule has 0 radical (unpaired) electrons. The first-order chi connectivity index (χ1) is 28.4. The minimum atomic E-state index is -0.760. The second kappa shape index (κ2) is 46.5. The average Bonchev–Trinajstić information content (AvgIpc) is 3.22. The van der Waals surface area contributed by atoms with E-state index in [0.29, 0.717) is 19.3 Å². The lowest BCUT2D eigenvalue weighted by Crippen LogP contribution is -2.30. The maximum atomic E-state index is 12.7. The Bertz CT molecular complexity index is 874. The number of hydrogen-bond acceptors (Lipinski definition) is 6. The highest BCUT2D eigenvalue weighted by molar-refractivity contribution is 5.71. The summed E-state index contributed by atoms with van der Waals surface area (Å²) in [5.41, 5.74) is 0. The van der Waals surface area contributed by atoms with Gasteiger partial charge in [-0.2, -0.15) is 0 Å². The Morgan fingerprint density at radius 3 is 0.897 bits per heavy atom. The Labute approximate surface area is 361 Å². The fourth-order valence-electron chi connectivity index (χ4n) is 7.83. The van der Waals surface area contributed by atoms with E-state index >= 15 is 0 Å². The van der Waals surface area contributed by atoms with Crippen molar-refractivity contribution >= 4 is 17.9 Å². The molecule has 0 N–H and O–H groups in total. The van der Waals surface area contributed by atoms with E-state index in [0.717, 1.165) is 63.7 Å². The molecule has 0 bridgehead atoms. The van der Waals surface area contributed by atoms with E-state index in [1.807, 2.05) is 0 Å². The first-order valence-corrected chi connectivity index (χ1v) is 25.9. The molecule has 0 aliphatic carbocycles. The minimum Gasteiger partial charge on any atom is -0.462 e. The molecular weight excluding hydrogens is 721 g/mol. The zero-order valence-corrected chi connectivity index (χ0v) is 39.5. The predicted octanol–water partition coefficient (Wildman–Crippen LogP) is 16.7. The van der Waals surface area contributed by atoms with Crippen LogP contribution in [0.2, 0.25) is 0 Å². The zero-order valence-electron chi connectivity index (χ0n) is 39.5. The van der Waals surface area contributed by atoms with Crippen molar-refractivity contribution in [2.24, 2.45) is 5.92 Å². The van der Waals surface area contributed by atoms with Gasteiger partial charge in [0.15, 0.2) is 6.10 Å². The molecule has 0 rings (SSSR count). The fourth-order valence-corrected chi connectivity index (χ4v) is 7.83. The number of ether oxygens (including phenoxy) is 3. The number of esters is 3. The highest BCUT2D eigenvalue weighted by Crippen LogP contribution is 2.17. The van der Waals surface area contributed by atoms with Gasteiger partial charge >= 0.3 is 17.9 Å². The zero-order chi connectivity index (χ0) is 42.4. The minimum absolute atomic E-state index is 0.0632. The van der Waals surface area contributed by atoms with E-state index < -0.39 is 6.10 Å². The number of rotatable bonds is 47. The lowest BCUT2D eigenvalue weighted by atomic mass is 9.99. The van der Waals surface area contributed by atoms with E-state index in [1.165, 1.54) is 186 Å². The van der Waals surface area contributed by atoms with Crippen LogP contribution < -0.4 is 0 Å². The van der Waals surface area contributed by atoms with Crippen LogP contribution in [0.3, 0.4) is 0 Å². The highest BCUT2D eigenvalue weighted by Gasteiger charge is 2.19. The van der Waals surface area contributed by atoms with Crippen LogP contribution in [0.15, 0.2) is 0 Å². The molecule has 6 heteroatoms. The van der Waals surface area contributed by atoms with Crippen LogP contribution in [0, 0.1) is 5.92 Å². The lowest BCUT2D eigenvalue weighted by molar-refractivity contribution is -0.167. The summed E-state index contributed by atoms with van der Waals surface area (Å²) in [6.45, 7) is 9.02. The summed E-state index contributed by atoms with van der Waals surface area (Å²) >= 11 is 0. The van der Waals surface area contributed by atoms with Crippen molar-refractivity contribution in [1.29, 1.82) is 0 Å². The molecular formula is C52H100O6. The SMILES string of the molecule is CCCCCCCCCCCCCCCCCCCCC(=O)OC[C@@H](COC(=O)CCCCCCCCCCC(C)CC)OC(=O)CCCCCCCCCCCC. The van der Waals surface area contributed by atoms with Crippen LogP contribution >= 0.6 is 0 Å². The molecule has 0 spiro atoms. The van der Waals surface area contributed by atoms with Gasteiger partial charge in [-0.3, -0.25) is 14.4 Å². The van der Waals surface area contributed by atoms with Gasteiger partial charge in [-0.1, -0.05) is 252 Å². The van der Waals surface area contributed by atoms with Gasteiger partial charge in [0.1, 0.15) is 13.2 Å². The molecule has 0 aliphatic heterocycles. The first kappa shape index (κ1) is 56.4. The molecule has 0 fully saturated rings. The van der Waals surface area contributed by atoms with Crippen molar-refractivity contribution in [2.45, 2.75) is 297 Å². The van der Waals surface area contributed by atoms with Gasteiger partial charge in [-0.25, -0.2) is 0 Å². The first-order valence-electron chi connectivity index (χ1n) is 25.9. The number of carbonyl (C=O) groups is 3. The van der Waals surface area contributed by atoms with Gasteiger partial charge < -0.3 is 14.2 Å². The van der Waals surface area contributed by atoms with Crippen molar-refractivity contribution < 1.29 is 28.6 Å². The van der Waals surface area contributed by atoms with Crippen LogP contribution in [0.1, 0.15) is 291 Å². The third-order valence-corrected chi connectivity index (χ3v) is 12.2. The smallest absolute Gasteiger partial charge is 0.306 e. The maximum Gasteiger partial charge on any atom is 0.306 e. The molecule has 0 saturated heterocycles. The third-order valence-electron chi connectivity index (χ3n) is 12.2. The molecule has 0 amide bonds. The second-order valence-corrected chi connectivity index (χ2v) is 18.1. The van der Waals surface area contributed by atoms with E-state index in [2.05, 4.69) is 27.7 Å². The molecule has 0 heterocycles. The van der Waals surface area contributed by atoms with Crippen molar-refractivity contribution in [3.05, 3.63) is 0 Å². The van der Waals surface area contributed by atoms with E-state index in [9.17, 15) is 14.4 Å². The molecule has 344 valence electrons. The van der Waals surface area contributed by atoms with Crippen LogP contribution in [0.5, 0.6) is 0 Å². The van der Waals surface area contributed by atoms with E-state index in [4.69, 9.17) is 14.2 Å². The van der Waals surface area contributed by atoms with Gasteiger partial charge in [-0.15, -0.1) is 0 Å². The largest absolute Gasteiger partial charge is 0.462 e. The summed E-state index contributed by atoms with van der Waals surface area (Å²) in [6.07, 6.45) is 48.0. The van der Waals surface area contributed by atoms with Gasteiger partial charge in [0, 0.05) is 19.3 Å². The number of hydrogen-bond donors (Lipinski definition) is 0. The van der Waals surface area contributed by atoms with Gasteiger partial charge in [0.25, 0.3) is 0 Å². The Balaban J connectivity index is 4.24. The van der Waals surface area contributed by atoms with Gasteiger partial charge in [0.2, 0.25) is 0 Å². The maximum absolute atomic E-state index is 12.7. The van der Waals surface area contributed by atoms with Gasteiger partial charge in [-0.05, 0) is 25.2 Å². The van der Waals surface area contributed by atoms with Gasteiger partial charge in [0.05, 0.1) is 0 Å². The van der Waals surface area contributed by atoms with Crippen LogP contribution in [0.4, 0.5) is 0 Å². The summed E-state index contributed by atoms with van der Waals surface area (Å²) < 4.78 is 16.8. The highest BCUT2D eigenvalue weighted by atomic mass is 16.6. The van der Waals surface area contributed by atoms with E-state index in [1.54, 1.807) is 0 Å². The molecule has 1 unspecified atom stereocenters. The summed E-state index contributed by atoms with van der Waals surface area (Å²) in [5.74, 6) is -0.000259. The average molecular weight is 821 g/mol. The summed E-state index contributed by atoms with van der Waals surface area (Å²) in [5, 5.41) is 0. The van der Waals surface area contributed by atoms with Crippen molar-refractivity contribution in [1.82, 2.24) is 0 Å². The quantitative estimate of drug-likeness (QED) is 0.0346. The molecule has 0 aromatic heterocycles. The lowest BCUT2D eigenvalue weighted by Gasteiger charge is -2.18. The monoisotopic (exact) mass is 821 g/mol. The molecule has 2 atom stereocenters. The standard InChI is InChI=1S/C52H100O6/c1-5-8-10-12-14-16-18-19-20-21-22-23-24-25-27-31-35-39-43-50(53)56-46-49(58-52(55)45-41-37-33-26-17-15-13-11-9-6-2)47-57-51(54)44-40-36-32-29-28-30-34-38-42-48(4)7-3/h48-49H,5-47H2,1-4H3/t48?,49-/m0/s1. The Morgan fingerprint density at radius 1 is 0.345 bits per heavy atom. The predicted molar refractivity (Wildman–Crippen MR) is 247 cm³/mol. The Morgan fingerprint density at radius 2 is 0.603 bits per heavy atom. The molecule has 0 aliphatic rings. The Hall–Kier alpha value is -1.59. The molecule has 58 heavy (non-hydrogen) atoms.